The van der Waals surface area contributed by atoms with Gasteiger partial charge in [0.1, 0.15) is 17.1 Å². The van der Waals surface area contributed by atoms with Crippen molar-refractivity contribution in [2.24, 2.45) is 0 Å². The summed E-state index contributed by atoms with van der Waals surface area (Å²) in [5, 5.41) is 10.4. The Hall–Kier alpha value is -4.70. The minimum Gasteiger partial charge on any atom is -0.512 e. The molecule has 3 heterocycles. The smallest absolute Gasteiger partial charge is 0.449 e. The van der Waals surface area contributed by atoms with Crippen LogP contribution >= 0.6 is 11.6 Å². The number of aliphatic hydroxyl groups excluding tert-OH is 1. The molecular weight excluding hydrogens is 622 g/mol. The molecule has 0 aliphatic carbocycles. The summed E-state index contributed by atoms with van der Waals surface area (Å²) in [6.45, 7) is 10.3. The van der Waals surface area contributed by atoms with E-state index in [9.17, 15) is 27.5 Å². The Labute approximate surface area is 268 Å². The number of benzene rings is 2. The van der Waals surface area contributed by atoms with E-state index in [0.29, 0.717) is 21.8 Å². The molecule has 1 amide bonds. The van der Waals surface area contributed by atoms with Crippen molar-refractivity contribution in [2.75, 3.05) is 0 Å². The minimum absolute atomic E-state index is 0.0226. The van der Waals surface area contributed by atoms with Gasteiger partial charge in [-0.25, -0.2) is 4.39 Å². The molecule has 0 aliphatic rings. The first-order valence-electron chi connectivity index (χ1n) is 14.2. The number of rotatable bonds is 8. The van der Waals surface area contributed by atoms with Crippen LogP contribution in [-0.2, 0) is 24.7 Å². The third-order valence-corrected chi connectivity index (χ3v) is 8.47. The van der Waals surface area contributed by atoms with E-state index >= 15 is 0 Å². The van der Waals surface area contributed by atoms with Crippen LogP contribution in [-0.4, -0.2) is 25.9 Å². The average Bonchev–Trinajstić information content (AvgIpc) is 3.48. The summed E-state index contributed by atoms with van der Waals surface area (Å²) >= 11 is 6.76. The maximum atomic E-state index is 14.2. The number of nitrogens with zero attached hydrogens (tertiary/aromatic N) is 3. The van der Waals surface area contributed by atoms with E-state index in [1.165, 1.54) is 17.0 Å². The molecule has 5 rings (SSSR count). The molecule has 0 atom stereocenters. The van der Waals surface area contributed by atoms with Gasteiger partial charge >= 0.3 is 6.18 Å². The van der Waals surface area contributed by atoms with E-state index in [1.54, 1.807) is 26.0 Å². The van der Waals surface area contributed by atoms with Gasteiger partial charge in [-0.15, -0.1) is 0 Å². The number of hydrogen-bond donors (Lipinski definition) is 1. The van der Waals surface area contributed by atoms with Crippen molar-refractivity contribution in [1.82, 2.24) is 14.9 Å². The highest BCUT2D eigenvalue weighted by molar-refractivity contribution is 6.31. The van der Waals surface area contributed by atoms with Crippen molar-refractivity contribution < 1.29 is 31.9 Å². The van der Waals surface area contributed by atoms with Gasteiger partial charge in [0, 0.05) is 28.7 Å². The van der Waals surface area contributed by atoms with Crippen LogP contribution < -0.4 is 0 Å². The Morgan fingerprint density at radius 2 is 1.74 bits per heavy atom. The molecule has 2 aromatic carbocycles. The standard InChI is InChI=1S/C35H30ClF4N3O3/c1-19-20(2)42-29-15-26(37)16-41-32(29)31(19)33(45)43(18-27-11-12-30(46-27)35(38,39)40)17-24-10-9-23(14-28(24)36)22-7-6-8-25(13-22)34(4,5)21(3)44/h6-16,44H,3,17-18H2,1-2,4-5H3. The molecule has 3 aromatic heterocycles. The molecule has 5 aromatic rings. The number of aromatic nitrogens is 2. The van der Waals surface area contributed by atoms with Crippen LogP contribution in [0.1, 0.15) is 58.1 Å². The maximum Gasteiger partial charge on any atom is 0.449 e. The number of aryl methyl sites for hydroxylation is 1. The number of carbonyl (C=O) groups is 1. The molecule has 0 fully saturated rings. The van der Waals surface area contributed by atoms with Crippen molar-refractivity contribution in [2.45, 2.75) is 52.4 Å². The van der Waals surface area contributed by atoms with Gasteiger partial charge in [-0.05, 0) is 73.7 Å². The topological polar surface area (TPSA) is 79.5 Å². The highest BCUT2D eigenvalue weighted by atomic mass is 35.5. The van der Waals surface area contributed by atoms with Crippen molar-refractivity contribution in [3.8, 4) is 11.1 Å². The zero-order valence-corrected chi connectivity index (χ0v) is 26.2. The van der Waals surface area contributed by atoms with E-state index < -0.39 is 29.1 Å². The molecule has 0 spiro atoms. The van der Waals surface area contributed by atoms with Crippen molar-refractivity contribution >= 4 is 28.5 Å². The first-order valence-corrected chi connectivity index (χ1v) is 14.6. The maximum absolute atomic E-state index is 14.2. The van der Waals surface area contributed by atoms with Crippen LogP contribution in [0.15, 0.2) is 83.6 Å². The van der Waals surface area contributed by atoms with Gasteiger partial charge in [-0.3, -0.25) is 14.8 Å². The number of carbonyl (C=O) groups excluding carboxylic acids is 1. The molecule has 238 valence electrons. The lowest BCUT2D eigenvalue weighted by Gasteiger charge is -2.25. The second-order valence-corrected chi connectivity index (χ2v) is 12.0. The lowest BCUT2D eigenvalue weighted by atomic mass is 9.82. The molecule has 0 saturated carbocycles. The fourth-order valence-corrected chi connectivity index (χ4v) is 5.31. The number of furan rings is 1. The van der Waals surface area contributed by atoms with Crippen LogP contribution in [0.25, 0.3) is 22.2 Å². The Balaban J connectivity index is 1.54. The number of allylic oxidation sites excluding steroid dienone is 1. The van der Waals surface area contributed by atoms with E-state index in [4.69, 9.17) is 16.0 Å². The molecule has 11 heteroatoms. The van der Waals surface area contributed by atoms with Crippen LogP contribution in [0.3, 0.4) is 0 Å². The lowest BCUT2D eigenvalue weighted by Crippen LogP contribution is -2.31. The molecule has 0 bridgehead atoms. The fourth-order valence-electron chi connectivity index (χ4n) is 5.07. The highest BCUT2D eigenvalue weighted by Gasteiger charge is 2.35. The average molecular weight is 652 g/mol. The molecule has 0 unspecified atom stereocenters. The molecule has 1 N–H and O–H groups in total. The summed E-state index contributed by atoms with van der Waals surface area (Å²) in [5.41, 5.74) is 3.71. The monoisotopic (exact) mass is 651 g/mol. The number of amides is 1. The van der Waals surface area contributed by atoms with E-state index in [-0.39, 0.29) is 41.2 Å². The minimum atomic E-state index is -4.70. The van der Waals surface area contributed by atoms with Gasteiger partial charge in [-0.2, -0.15) is 13.2 Å². The SMILES string of the molecule is C=C(O)C(C)(C)c1cccc(-c2ccc(CN(Cc3ccc(C(F)(F)F)o3)C(=O)c3c(C)c(C)nc4cc(F)cnc34)c(Cl)c2)c1. The molecule has 0 aliphatic heterocycles. The van der Waals surface area contributed by atoms with Crippen molar-refractivity contribution in [3.63, 3.8) is 0 Å². The molecule has 0 saturated heterocycles. The van der Waals surface area contributed by atoms with Crippen LogP contribution in [0.2, 0.25) is 5.02 Å². The highest BCUT2D eigenvalue weighted by Crippen LogP contribution is 2.35. The van der Waals surface area contributed by atoms with Crippen LogP contribution in [0.4, 0.5) is 17.6 Å². The Morgan fingerprint density at radius 1 is 1.02 bits per heavy atom. The number of alkyl halides is 3. The third-order valence-electron chi connectivity index (χ3n) is 8.12. The molecule has 6 nitrogen and oxygen atoms in total. The fraction of sp³-hybridized carbons (Fsp3) is 0.229. The van der Waals surface area contributed by atoms with Gasteiger partial charge in [-0.1, -0.05) is 54.6 Å². The summed E-state index contributed by atoms with van der Waals surface area (Å²) in [5.74, 6) is -2.46. The van der Waals surface area contributed by atoms with Crippen LogP contribution in [0, 0.1) is 19.7 Å². The van der Waals surface area contributed by atoms with Crippen molar-refractivity contribution in [1.29, 1.82) is 0 Å². The van der Waals surface area contributed by atoms with Crippen LogP contribution in [0.5, 0.6) is 0 Å². The van der Waals surface area contributed by atoms with Gasteiger partial charge in [0.2, 0.25) is 5.76 Å². The number of aliphatic hydroxyl groups is 1. The summed E-state index contributed by atoms with van der Waals surface area (Å²) < 4.78 is 59.0. The lowest BCUT2D eigenvalue weighted by molar-refractivity contribution is -0.153. The normalized spacial score (nSPS) is 12.0. The summed E-state index contributed by atoms with van der Waals surface area (Å²) in [4.78, 5) is 24.0. The second kappa shape index (κ2) is 12.2. The Morgan fingerprint density at radius 3 is 2.39 bits per heavy atom. The van der Waals surface area contributed by atoms with E-state index in [1.807, 2.05) is 44.2 Å². The number of pyridine rings is 2. The predicted molar refractivity (Wildman–Crippen MR) is 168 cm³/mol. The van der Waals surface area contributed by atoms with Gasteiger partial charge in [0.25, 0.3) is 5.91 Å². The van der Waals surface area contributed by atoms with Gasteiger partial charge in [0.05, 0.1) is 29.6 Å². The first kappa shape index (κ1) is 32.7. The zero-order valence-electron chi connectivity index (χ0n) is 25.5. The van der Waals surface area contributed by atoms with Crippen molar-refractivity contribution in [3.05, 3.63) is 130 Å². The number of fused-ring (bicyclic) bond motifs is 1. The third kappa shape index (κ3) is 6.48. The van der Waals surface area contributed by atoms with Gasteiger partial charge < -0.3 is 14.4 Å². The molecular formula is C35H30ClF4N3O3. The number of halogens is 5. The molecule has 46 heavy (non-hydrogen) atoms. The summed E-state index contributed by atoms with van der Waals surface area (Å²) in [6.07, 6.45) is -3.73. The molecule has 0 radical (unpaired) electrons. The zero-order chi connectivity index (χ0) is 33.6. The summed E-state index contributed by atoms with van der Waals surface area (Å²) in [6, 6.07) is 16.0. The van der Waals surface area contributed by atoms with E-state index in [0.717, 1.165) is 29.0 Å². The Kier molecular flexibility index (Phi) is 8.70. The second-order valence-electron chi connectivity index (χ2n) is 11.6. The number of hydrogen-bond acceptors (Lipinski definition) is 5. The van der Waals surface area contributed by atoms with E-state index in [2.05, 4.69) is 16.5 Å². The summed E-state index contributed by atoms with van der Waals surface area (Å²) in [7, 11) is 0. The predicted octanol–water partition coefficient (Wildman–Crippen LogP) is 9.51. The quantitative estimate of drug-likeness (QED) is 0.134. The first-order chi connectivity index (χ1) is 21.6. The largest absolute Gasteiger partial charge is 0.512 e. The Bertz CT molecular complexity index is 1980. The van der Waals surface area contributed by atoms with Gasteiger partial charge in [0.15, 0.2) is 0 Å².